The van der Waals surface area contributed by atoms with Crippen molar-refractivity contribution in [3.05, 3.63) is 35.9 Å². The minimum atomic E-state index is -0.171. The molecule has 2 aliphatic heterocycles. The first kappa shape index (κ1) is 16.4. The summed E-state index contributed by atoms with van der Waals surface area (Å²) in [5, 5.41) is 0. The number of amides is 1. The van der Waals surface area contributed by atoms with E-state index in [2.05, 4.69) is 29.0 Å². The van der Waals surface area contributed by atoms with Gasteiger partial charge in [-0.15, -0.1) is 0 Å². The van der Waals surface area contributed by atoms with Gasteiger partial charge in [-0.2, -0.15) is 0 Å². The van der Waals surface area contributed by atoms with Gasteiger partial charge >= 0.3 is 0 Å². The number of piperazine rings is 1. The molecule has 5 nitrogen and oxygen atoms in total. The van der Waals surface area contributed by atoms with Crippen LogP contribution in [0.5, 0.6) is 0 Å². The Bertz CT molecular complexity index is 513. The van der Waals surface area contributed by atoms with Crippen LogP contribution in [0.1, 0.15) is 24.4 Å². The molecule has 3 rings (SSSR count). The topological polar surface area (TPSA) is 52.8 Å². The summed E-state index contributed by atoms with van der Waals surface area (Å²) >= 11 is 0. The first-order chi connectivity index (χ1) is 11.1. The van der Waals surface area contributed by atoms with Gasteiger partial charge in [0.05, 0.1) is 0 Å². The number of nitrogens with zero attached hydrogens (tertiary/aromatic N) is 3. The largest absolute Gasteiger partial charge is 0.339 e. The maximum absolute atomic E-state index is 13.2. The van der Waals surface area contributed by atoms with Gasteiger partial charge in [-0.25, -0.2) is 0 Å². The lowest BCUT2D eigenvalue weighted by Crippen LogP contribution is -2.53. The quantitative estimate of drug-likeness (QED) is 0.901. The van der Waals surface area contributed by atoms with E-state index in [-0.39, 0.29) is 18.0 Å². The molecule has 1 amide bonds. The zero-order valence-electron chi connectivity index (χ0n) is 14.0. The van der Waals surface area contributed by atoms with Gasteiger partial charge in [0.1, 0.15) is 6.04 Å². The van der Waals surface area contributed by atoms with Crippen molar-refractivity contribution in [2.75, 3.05) is 46.3 Å². The van der Waals surface area contributed by atoms with E-state index in [1.54, 1.807) is 0 Å². The second-order valence-corrected chi connectivity index (χ2v) is 6.84. The Hall–Kier alpha value is -1.43. The van der Waals surface area contributed by atoms with Crippen LogP contribution in [0, 0.1) is 0 Å². The van der Waals surface area contributed by atoms with E-state index in [1.807, 2.05) is 23.1 Å². The number of carbonyl (C=O) groups is 1. The first-order valence-corrected chi connectivity index (χ1v) is 8.67. The molecule has 2 unspecified atom stereocenters. The highest BCUT2D eigenvalue weighted by Gasteiger charge is 2.34. The predicted molar refractivity (Wildman–Crippen MR) is 92.0 cm³/mol. The maximum Gasteiger partial charge on any atom is 0.244 e. The van der Waals surface area contributed by atoms with Crippen molar-refractivity contribution in [1.29, 1.82) is 0 Å². The number of rotatable bonds is 3. The van der Waals surface area contributed by atoms with Gasteiger partial charge in [-0.1, -0.05) is 30.3 Å². The zero-order valence-corrected chi connectivity index (χ0v) is 14.0. The van der Waals surface area contributed by atoms with Crippen molar-refractivity contribution >= 4 is 5.91 Å². The Labute approximate surface area is 139 Å². The fourth-order valence-corrected chi connectivity index (χ4v) is 3.61. The molecule has 5 heteroatoms. The van der Waals surface area contributed by atoms with Crippen molar-refractivity contribution in [1.82, 2.24) is 14.7 Å². The van der Waals surface area contributed by atoms with Gasteiger partial charge in [-0.05, 0) is 25.5 Å². The molecule has 2 saturated heterocycles. The minimum absolute atomic E-state index is 0.122. The third-order valence-electron chi connectivity index (χ3n) is 5.02. The van der Waals surface area contributed by atoms with E-state index in [9.17, 15) is 4.79 Å². The number of likely N-dealkylation sites (tertiary alicyclic amines) is 1. The normalized spacial score (nSPS) is 25.3. The molecule has 1 aromatic carbocycles. The molecule has 0 aromatic heterocycles. The molecule has 2 heterocycles. The molecular formula is C18H28N4O. The Kier molecular flexibility index (Phi) is 5.30. The van der Waals surface area contributed by atoms with E-state index in [4.69, 9.17) is 5.73 Å². The van der Waals surface area contributed by atoms with Crippen molar-refractivity contribution in [2.45, 2.75) is 24.9 Å². The van der Waals surface area contributed by atoms with Gasteiger partial charge in [0.2, 0.25) is 5.91 Å². The highest BCUT2D eigenvalue weighted by molar-refractivity contribution is 5.83. The van der Waals surface area contributed by atoms with Crippen LogP contribution in [0.25, 0.3) is 0 Å². The van der Waals surface area contributed by atoms with E-state index in [1.165, 1.54) is 0 Å². The fourth-order valence-electron chi connectivity index (χ4n) is 3.61. The molecule has 0 aliphatic carbocycles. The van der Waals surface area contributed by atoms with Crippen LogP contribution >= 0.6 is 0 Å². The van der Waals surface area contributed by atoms with Crippen molar-refractivity contribution in [2.24, 2.45) is 5.73 Å². The molecule has 0 spiro atoms. The summed E-state index contributed by atoms with van der Waals surface area (Å²) < 4.78 is 0. The number of benzene rings is 1. The third kappa shape index (κ3) is 3.91. The SMILES string of the molecule is CN1CCN(C(C(=O)N2CCCC(N)C2)c2ccccc2)CC1. The molecule has 2 N–H and O–H groups in total. The number of carbonyl (C=O) groups excluding carboxylic acids is 1. The Morgan fingerprint density at radius 3 is 2.48 bits per heavy atom. The standard InChI is InChI=1S/C18H28N4O/c1-20-10-12-21(13-11-20)17(15-6-3-2-4-7-15)18(23)22-9-5-8-16(19)14-22/h2-4,6-7,16-17H,5,8-14,19H2,1H3. The van der Waals surface area contributed by atoms with Gasteiger partial charge in [0.25, 0.3) is 0 Å². The molecular weight excluding hydrogens is 288 g/mol. The molecule has 2 atom stereocenters. The van der Waals surface area contributed by atoms with Crippen LogP contribution in [0.4, 0.5) is 0 Å². The average Bonchev–Trinajstić information content (AvgIpc) is 2.58. The third-order valence-corrected chi connectivity index (χ3v) is 5.02. The molecule has 2 fully saturated rings. The van der Waals surface area contributed by atoms with Gasteiger partial charge in [0.15, 0.2) is 0 Å². The van der Waals surface area contributed by atoms with Gasteiger partial charge in [0, 0.05) is 45.3 Å². The lowest BCUT2D eigenvalue weighted by molar-refractivity contribution is -0.139. The number of hydrogen-bond donors (Lipinski definition) is 1. The lowest BCUT2D eigenvalue weighted by Gasteiger charge is -2.41. The van der Waals surface area contributed by atoms with E-state index in [0.717, 1.165) is 51.1 Å². The average molecular weight is 316 g/mol. The predicted octanol–water partition coefficient (Wildman–Crippen LogP) is 0.925. The highest BCUT2D eigenvalue weighted by Crippen LogP contribution is 2.26. The summed E-state index contributed by atoms with van der Waals surface area (Å²) in [6.45, 7) is 5.41. The van der Waals surface area contributed by atoms with Crippen LogP contribution in [-0.2, 0) is 4.79 Å². The number of piperidine rings is 1. The fraction of sp³-hybridized carbons (Fsp3) is 0.611. The smallest absolute Gasteiger partial charge is 0.244 e. The molecule has 23 heavy (non-hydrogen) atoms. The Balaban J connectivity index is 1.81. The molecule has 0 saturated carbocycles. The van der Waals surface area contributed by atoms with Crippen molar-refractivity contribution in [3.8, 4) is 0 Å². The summed E-state index contributed by atoms with van der Waals surface area (Å²) in [5.74, 6) is 0.218. The summed E-state index contributed by atoms with van der Waals surface area (Å²) in [6.07, 6.45) is 2.03. The Morgan fingerprint density at radius 2 is 1.83 bits per heavy atom. The highest BCUT2D eigenvalue weighted by atomic mass is 16.2. The van der Waals surface area contributed by atoms with Crippen LogP contribution in [0.3, 0.4) is 0 Å². The molecule has 1 aromatic rings. The van der Waals surface area contributed by atoms with Crippen LogP contribution in [-0.4, -0.2) is 73.0 Å². The molecule has 126 valence electrons. The number of likely N-dealkylation sites (N-methyl/N-ethyl adjacent to an activating group) is 1. The van der Waals surface area contributed by atoms with Gasteiger partial charge < -0.3 is 15.5 Å². The summed E-state index contributed by atoms with van der Waals surface area (Å²) in [5.41, 5.74) is 7.18. The second-order valence-electron chi connectivity index (χ2n) is 6.84. The van der Waals surface area contributed by atoms with Crippen LogP contribution in [0.2, 0.25) is 0 Å². The van der Waals surface area contributed by atoms with E-state index in [0.29, 0.717) is 6.54 Å². The molecule has 2 aliphatic rings. The molecule has 0 bridgehead atoms. The van der Waals surface area contributed by atoms with E-state index >= 15 is 0 Å². The monoisotopic (exact) mass is 316 g/mol. The summed E-state index contributed by atoms with van der Waals surface area (Å²) in [6, 6.07) is 10.1. The summed E-state index contributed by atoms with van der Waals surface area (Å²) in [7, 11) is 2.14. The number of hydrogen-bond acceptors (Lipinski definition) is 4. The van der Waals surface area contributed by atoms with Crippen LogP contribution < -0.4 is 5.73 Å². The number of nitrogens with two attached hydrogens (primary N) is 1. The maximum atomic E-state index is 13.2. The molecule has 0 radical (unpaired) electrons. The second kappa shape index (κ2) is 7.43. The zero-order chi connectivity index (χ0) is 16.2. The minimum Gasteiger partial charge on any atom is -0.339 e. The first-order valence-electron chi connectivity index (χ1n) is 8.67. The van der Waals surface area contributed by atoms with Crippen LogP contribution in [0.15, 0.2) is 30.3 Å². The van der Waals surface area contributed by atoms with E-state index < -0.39 is 0 Å². The summed E-state index contributed by atoms with van der Waals surface area (Å²) in [4.78, 5) is 19.9. The lowest BCUT2D eigenvalue weighted by atomic mass is 10.00. The van der Waals surface area contributed by atoms with Crippen molar-refractivity contribution in [3.63, 3.8) is 0 Å². The van der Waals surface area contributed by atoms with Crippen molar-refractivity contribution < 1.29 is 4.79 Å². The van der Waals surface area contributed by atoms with Gasteiger partial charge in [-0.3, -0.25) is 9.69 Å². The Morgan fingerprint density at radius 1 is 1.13 bits per heavy atom.